The maximum Gasteiger partial charge on any atom is 0.253 e. The van der Waals surface area contributed by atoms with E-state index in [-0.39, 0.29) is 5.91 Å². The maximum absolute atomic E-state index is 12.1. The molecular formula is C16H14BrN3O2. The molecule has 112 valence electrons. The van der Waals surface area contributed by atoms with E-state index in [0.717, 1.165) is 20.8 Å². The van der Waals surface area contributed by atoms with Crippen molar-refractivity contribution in [3.63, 3.8) is 0 Å². The Labute approximate surface area is 135 Å². The van der Waals surface area contributed by atoms with E-state index >= 15 is 0 Å². The molecule has 1 heterocycles. The third-order valence-electron chi connectivity index (χ3n) is 3.62. The number of halogens is 1. The van der Waals surface area contributed by atoms with Crippen molar-refractivity contribution in [3.8, 4) is 0 Å². The van der Waals surface area contributed by atoms with Crippen LogP contribution in [0.2, 0.25) is 0 Å². The van der Waals surface area contributed by atoms with Crippen molar-refractivity contribution < 1.29 is 9.59 Å². The van der Waals surface area contributed by atoms with E-state index < -0.39 is 5.91 Å². The summed E-state index contributed by atoms with van der Waals surface area (Å²) in [6.45, 7) is 0. The topological polar surface area (TPSA) is 79.2 Å². The van der Waals surface area contributed by atoms with Crippen LogP contribution in [0.25, 0.3) is 21.8 Å². The second-order valence-corrected chi connectivity index (χ2v) is 6.15. The number of hydrogen-bond acceptors (Lipinski definition) is 2. The molecule has 3 aromatic rings. The van der Waals surface area contributed by atoms with Gasteiger partial charge in [-0.25, -0.2) is 0 Å². The molecule has 6 heteroatoms. The van der Waals surface area contributed by atoms with Crippen LogP contribution in [0, 0.1) is 0 Å². The Hall–Kier alpha value is -2.34. The van der Waals surface area contributed by atoms with E-state index in [1.165, 1.54) is 4.90 Å². The van der Waals surface area contributed by atoms with Gasteiger partial charge in [-0.2, -0.15) is 0 Å². The smallest absolute Gasteiger partial charge is 0.253 e. The summed E-state index contributed by atoms with van der Waals surface area (Å²) >= 11 is 3.50. The number of aromatic amines is 1. The monoisotopic (exact) mass is 359 g/mol. The molecule has 3 N–H and O–H groups in total. The molecular weight excluding hydrogens is 346 g/mol. The number of carbonyl (C=O) groups excluding carboxylic acids is 2. The van der Waals surface area contributed by atoms with Gasteiger partial charge in [0.1, 0.15) is 0 Å². The summed E-state index contributed by atoms with van der Waals surface area (Å²) < 4.78 is 0.866. The van der Waals surface area contributed by atoms with Gasteiger partial charge in [0.25, 0.3) is 11.8 Å². The van der Waals surface area contributed by atoms with Gasteiger partial charge < -0.3 is 15.6 Å². The molecule has 0 bridgehead atoms. The first-order valence-electron chi connectivity index (χ1n) is 6.65. The highest BCUT2D eigenvalue weighted by Gasteiger charge is 2.16. The van der Waals surface area contributed by atoms with E-state index in [1.54, 1.807) is 38.4 Å². The van der Waals surface area contributed by atoms with E-state index in [1.807, 2.05) is 6.07 Å². The lowest BCUT2D eigenvalue weighted by atomic mass is 10.1. The molecule has 22 heavy (non-hydrogen) atoms. The first kappa shape index (κ1) is 14.6. The molecule has 2 amide bonds. The number of fused-ring (bicyclic) bond motifs is 3. The van der Waals surface area contributed by atoms with Gasteiger partial charge in [-0.1, -0.05) is 22.0 Å². The van der Waals surface area contributed by atoms with Gasteiger partial charge >= 0.3 is 0 Å². The van der Waals surface area contributed by atoms with Gasteiger partial charge in [0.2, 0.25) is 0 Å². The van der Waals surface area contributed by atoms with Crippen molar-refractivity contribution in [3.05, 3.63) is 45.9 Å². The molecule has 0 aliphatic heterocycles. The fourth-order valence-corrected chi connectivity index (χ4v) is 3.11. The van der Waals surface area contributed by atoms with Crippen LogP contribution in [0.4, 0.5) is 0 Å². The van der Waals surface area contributed by atoms with Crippen LogP contribution in [0.3, 0.4) is 0 Å². The lowest BCUT2D eigenvalue weighted by molar-refractivity contribution is 0.0827. The van der Waals surface area contributed by atoms with Gasteiger partial charge in [-0.3, -0.25) is 9.59 Å². The molecule has 0 saturated heterocycles. The lowest BCUT2D eigenvalue weighted by Crippen LogP contribution is -2.21. The Kier molecular flexibility index (Phi) is 3.41. The summed E-state index contributed by atoms with van der Waals surface area (Å²) in [7, 11) is 3.42. The standard InChI is InChI=1S/C16H14BrN3O2/c1-20(2)16(22)8-3-4-9-12(7-8)19-14-10(15(18)21)5-6-11(17)13(9)14/h3-7,19H,1-2H3,(H2,18,21). The van der Waals surface area contributed by atoms with Crippen molar-refractivity contribution in [2.75, 3.05) is 14.1 Å². The van der Waals surface area contributed by atoms with E-state index in [9.17, 15) is 9.59 Å². The van der Waals surface area contributed by atoms with E-state index in [4.69, 9.17) is 5.73 Å². The van der Waals surface area contributed by atoms with Crippen molar-refractivity contribution in [2.24, 2.45) is 5.73 Å². The van der Waals surface area contributed by atoms with Crippen LogP contribution in [-0.4, -0.2) is 35.8 Å². The summed E-state index contributed by atoms with van der Waals surface area (Å²) in [5, 5.41) is 1.82. The van der Waals surface area contributed by atoms with Gasteiger partial charge in [0.05, 0.1) is 11.1 Å². The number of hydrogen-bond donors (Lipinski definition) is 2. The first-order chi connectivity index (χ1) is 10.4. The number of nitrogens with one attached hydrogen (secondary N) is 1. The van der Waals surface area contributed by atoms with Crippen molar-refractivity contribution >= 4 is 49.6 Å². The molecule has 1 aromatic heterocycles. The molecule has 0 radical (unpaired) electrons. The second kappa shape index (κ2) is 5.14. The number of H-pyrrole nitrogens is 1. The largest absolute Gasteiger partial charge is 0.366 e. The fourth-order valence-electron chi connectivity index (χ4n) is 2.57. The minimum atomic E-state index is -0.492. The number of benzene rings is 2. The van der Waals surface area contributed by atoms with Gasteiger partial charge in [0.15, 0.2) is 0 Å². The zero-order valence-corrected chi connectivity index (χ0v) is 13.7. The normalized spacial score (nSPS) is 11.0. The third-order valence-corrected chi connectivity index (χ3v) is 4.28. The number of rotatable bonds is 2. The van der Waals surface area contributed by atoms with Gasteiger partial charge in [0, 0.05) is 40.4 Å². The number of aromatic nitrogens is 1. The summed E-state index contributed by atoms with van der Waals surface area (Å²) in [6, 6.07) is 8.92. The number of nitrogens with two attached hydrogens (primary N) is 1. The van der Waals surface area contributed by atoms with Crippen molar-refractivity contribution in [2.45, 2.75) is 0 Å². The van der Waals surface area contributed by atoms with Crippen LogP contribution >= 0.6 is 15.9 Å². The van der Waals surface area contributed by atoms with Crippen LogP contribution in [0.15, 0.2) is 34.8 Å². The van der Waals surface area contributed by atoms with Crippen LogP contribution in [0.1, 0.15) is 20.7 Å². The minimum absolute atomic E-state index is 0.0743. The molecule has 3 rings (SSSR count). The van der Waals surface area contributed by atoms with Gasteiger partial charge in [-0.15, -0.1) is 0 Å². The fraction of sp³-hybridized carbons (Fsp3) is 0.125. The molecule has 0 aliphatic carbocycles. The third kappa shape index (κ3) is 2.16. The summed E-state index contributed by atoms with van der Waals surface area (Å²) in [4.78, 5) is 28.4. The maximum atomic E-state index is 12.1. The highest BCUT2D eigenvalue weighted by molar-refractivity contribution is 9.10. The molecule has 2 aromatic carbocycles. The van der Waals surface area contributed by atoms with Crippen LogP contribution in [-0.2, 0) is 0 Å². The Morgan fingerprint density at radius 2 is 1.91 bits per heavy atom. The Balaban J connectivity index is 2.34. The molecule has 0 spiro atoms. The quantitative estimate of drug-likeness (QED) is 0.737. The number of carbonyl (C=O) groups is 2. The Morgan fingerprint density at radius 1 is 1.18 bits per heavy atom. The van der Waals surface area contributed by atoms with E-state index in [2.05, 4.69) is 20.9 Å². The van der Waals surface area contributed by atoms with E-state index in [0.29, 0.717) is 16.6 Å². The predicted molar refractivity (Wildman–Crippen MR) is 90.0 cm³/mol. The average molecular weight is 360 g/mol. The van der Waals surface area contributed by atoms with Gasteiger partial charge in [-0.05, 0) is 24.3 Å². The van der Waals surface area contributed by atoms with Crippen LogP contribution < -0.4 is 5.73 Å². The molecule has 0 fully saturated rings. The molecule has 0 atom stereocenters. The minimum Gasteiger partial charge on any atom is -0.366 e. The summed E-state index contributed by atoms with van der Waals surface area (Å²) in [6.07, 6.45) is 0. The summed E-state index contributed by atoms with van der Waals surface area (Å²) in [5.74, 6) is -0.566. The lowest BCUT2D eigenvalue weighted by Gasteiger charge is -2.09. The SMILES string of the molecule is CN(C)C(=O)c1ccc2c(c1)[nH]c1c(C(N)=O)ccc(Br)c12. The Bertz CT molecular complexity index is 928. The van der Waals surface area contributed by atoms with Crippen molar-refractivity contribution in [1.82, 2.24) is 9.88 Å². The second-order valence-electron chi connectivity index (χ2n) is 5.29. The molecule has 5 nitrogen and oxygen atoms in total. The van der Waals surface area contributed by atoms with Crippen molar-refractivity contribution in [1.29, 1.82) is 0 Å². The van der Waals surface area contributed by atoms with Crippen LogP contribution in [0.5, 0.6) is 0 Å². The number of amides is 2. The number of nitrogens with zero attached hydrogens (tertiary/aromatic N) is 1. The zero-order valence-electron chi connectivity index (χ0n) is 12.1. The molecule has 0 aliphatic rings. The highest BCUT2D eigenvalue weighted by atomic mass is 79.9. The average Bonchev–Trinajstić information content (AvgIpc) is 2.85. The molecule has 0 saturated carbocycles. The molecule has 0 unspecified atom stereocenters. The first-order valence-corrected chi connectivity index (χ1v) is 7.45. The highest BCUT2D eigenvalue weighted by Crippen LogP contribution is 2.34. The predicted octanol–water partition coefficient (Wildman–Crippen LogP) is 2.88. The Morgan fingerprint density at radius 3 is 2.55 bits per heavy atom. The zero-order chi connectivity index (χ0) is 16.0. The number of primary amides is 1. The summed E-state index contributed by atoms with van der Waals surface area (Å²) in [5.41, 5.74) is 7.91.